The van der Waals surface area contributed by atoms with E-state index < -0.39 is 22.0 Å². The summed E-state index contributed by atoms with van der Waals surface area (Å²) in [5.74, 6) is 1.34. The first-order chi connectivity index (χ1) is 8.97. The second-order valence-electron chi connectivity index (χ2n) is 3.94. The van der Waals surface area contributed by atoms with Gasteiger partial charge in [-0.05, 0) is 0 Å². The normalized spacial score (nSPS) is 19.2. The molecule has 0 fully saturated rings. The zero-order valence-electron chi connectivity index (χ0n) is 9.82. The van der Waals surface area contributed by atoms with Crippen LogP contribution in [0.15, 0.2) is 10.8 Å². The number of rotatable bonds is 6. The topological polar surface area (TPSA) is 82.1 Å². The van der Waals surface area contributed by atoms with Crippen molar-refractivity contribution < 1.29 is 31.6 Å². The molecule has 2 rings (SSSR count). The van der Waals surface area contributed by atoms with E-state index in [1.54, 1.807) is 5.38 Å². The van der Waals surface area contributed by atoms with Crippen LogP contribution in [0.25, 0.3) is 0 Å². The van der Waals surface area contributed by atoms with Crippen molar-refractivity contribution in [1.29, 1.82) is 0 Å². The summed E-state index contributed by atoms with van der Waals surface area (Å²) in [6.45, 7) is 0.353. The van der Waals surface area contributed by atoms with Crippen LogP contribution in [0.1, 0.15) is 6.42 Å². The summed E-state index contributed by atoms with van der Waals surface area (Å²) in [6.07, 6.45) is -0.735. The minimum absolute atomic E-state index is 0. The van der Waals surface area contributed by atoms with Crippen molar-refractivity contribution in [3.8, 4) is 11.5 Å². The van der Waals surface area contributed by atoms with Crippen LogP contribution in [0.5, 0.6) is 11.5 Å². The van der Waals surface area contributed by atoms with Crippen molar-refractivity contribution in [3.05, 3.63) is 10.8 Å². The fraction of sp³-hybridized carbons (Fsp3) is 0.600. The quantitative estimate of drug-likeness (QED) is 0.471. The molecule has 0 aromatic carbocycles. The van der Waals surface area contributed by atoms with Crippen LogP contribution >= 0.6 is 11.3 Å². The van der Waals surface area contributed by atoms with Gasteiger partial charge in [-0.15, -0.1) is 11.3 Å². The zero-order valence-corrected chi connectivity index (χ0v) is 11.5. The Kier molecular flexibility index (Phi) is 7.19. The van der Waals surface area contributed by atoms with E-state index in [0.29, 0.717) is 18.1 Å². The molecule has 0 saturated heterocycles. The molecule has 2 unspecified atom stereocenters. The van der Waals surface area contributed by atoms with Crippen LogP contribution in [-0.2, 0) is 14.9 Å². The fourth-order valence-corrected chi connectivity index (χ4v) is 2.55. The summed E-state index contributed by atoms with van der Waals surface area (Å²) in [4.78, 5) is 0. The van der Waals surface area contributed by atoms with Crippen LogP contribution in [0.3, 0.4) is 0 Å². The third-order valence-corrected chi connectivity index (χ3v) is 4.01. The van der Waals surface area contributed by atoms with Gasteiger partial charge >= 0.3 is 29.6 Å². The average Bonchev–Trinajstić information content (AvgIpc) is 2.80. The van der Waals surface area contributed by atoms with E-state index in [1.807, 2.05) is 5.38 Å². The van der Waals surface area contributed by atoms with E-state index in [9.17, 15) is 12.8 Å². The van der Waals surface area contributed by atoms with Crippen LogP contribution in [0.4, 0.5) is 4.39 Å². The molecule has 1 aromatic heterocycles. The third-order valence-electron chi connectivity index (χ3n) is 2.43. The van der Waals surface area contributed by atoms with Gasteiger partial charge in [0.15, 0.2) is 17.6 Å². The molecule has 0 spiro atoms. The number of fused-ring (bicyclic) bond motifs is 1. The molecule has 1 aliphatic heterocycles. The van der Waals surface area contributed by atoms with Crippen molar-refractivity contribution in [3.63, 3.8) is 0 Å². The Morgan fingerprint density at radius 1 is 1.50 bits per heavy atom. The number of hydrogen-bond donors (Lipinski definition) is 1. The van der Waals surface area contributed by atoms with Gasteiger partial charge in [0.25, 0.3) is 10.1 Å². The van der Waals surface area contributed by atoms with Crippen molar-refractivity contribution in [2.45, 2.75) is 18.0 Å². The van der Waals surface area contributed by atoms with Gasteiger partial charge < -0.3 is 14.2 Å². The van der Waals surface area contributed by atoms with E-state index in [2.05, 4.69) is 0 Å². The molecule has 0 bridgehead atoms. The molecule has 2 atom stereocenters. The van der Waals surface area contributed by atoms with Crippen molar-refractivity contribution in [1.82, 2.24) is 0 Å². The van der Waals surface area contributed by atoms with Crippen molar-refractivity contribution >= 4 is 51.0 Å². The summed E-state index contributed by atoms with van der Waals surface area (Å²) in [7, 11) is -4.64. The summed E-state index contributed by atoms with van der Waals surface area (Å²) >= 11 is 1.46. The Bertz CT molecular complexity index is 520. The first-order valence-electron chi connectivity index (χ1n) is 5.50. The Labute approximate surface area is 142 Å². The maximum absolute atomic E-state index is 12.9. The fourth-order valence-electron chi connectivity index (χ4n) is 1.48. The Morgan fingerprint density at radius 2 is 2.20 bits per heavy atom. The first kappa shape index (κ1) is 18.1. The summed E-state index contributed by atoms with van der Waals surface area (Å²) in [5.41, 5.74) is -2.32. The predicted molar refractivity (Wildman–Crippen MR) is 73.3 cm³/mol. The number of hydrogen-bond acceptors (Lipinski definition) is 6. The van der Waals surface area contributed by atoms with Crippen LogP contribution in [-0.4, -0.2) is 74.0 Å². The van der Waals surface area contributed by atoms with Crippen LogP contribution in [0, 0.1) is 0 Å². The van der Waals surface area contributed by atoms with Gasteiger partial charge in [-0.1, -0.05) is 0 Å². The number of thiophene rings is 1. The van der Waals surface area contributed by atoms with E-state index in [1.165, 1.54) is 11.3 Å². The Hall–Kier alpha value is 0.1000. The van der Waals surface area contributed by atoms with Gasteiger partial charge in [0.1, 0.15) is 6.61 Å². The number of halogens is 1. The molecule has 1 N–H and O–H groups in total. The molecule has 6 nitrogen and oxygen atoms in total. The average molecular weight is 336 g/mol. The molecule has 0 aliphatic carbocycles. The summed E-state index contributed by atoms with van der Waals surface area (Å²) in [5, 5.41) is 3.63. The van der Waals surface area contributed by atoms with E-state index in [0.717, 1.165) is 0 Å². The number of alkyl halides is 1. The van der Waals surface area contributed by atoms with Gasteiger partial charge in [-0.3, -0.25) is 4.55 Å². The van der Waals surface area contributed by atoms with E-state index in [4.69, 9.17) is 18.8 Å². The minimum atomic E-state index is -4.64. The molecule has 0 saturated carbocycles. The van der Waals surface area contributed by atoms with Gasteiger partial charge in [-0.25, -0.2) is 4.39 Å². The van der Waals surface area contributed by atoms with E-state index in [-0.39, 0.29) is 48.9 Å². The summed E-state index contributed by atoms with van der Waals surface area (Å²) < 4.78 is 58.2. The predicted octanol–water partition coefficient (Wildman–Crippen LogP) is 0.829. The van der Waals surface area contributed by atoms with Gasteiger partial charge in [-0.2, -0.15) is 8.42 Å². The molecule has 1 aliphatic rings. The monoisotopic (exact) mass is 336 g/mol. The molecular weight excluding hydrogens is 322 g/mol. The Morgan fingerprint density at radius 3 is 2.90 bits per heavy atom. The second-order valence-corrected chi connectivity index (χ2v) is 6.22. The number of ether oxygens (including phenoxy) is 3. The summed E-state index contributed by atoms with van der Waals surface area (Å²) in [6, 6.07) is 0. The Balaban J connectivity index is 0.00000200. The van der Waals surface area contributed by atoms with Gasteiger partial charge in [0.05, 0.1) is 13.2 Å². The molecule has 20 heavy (non-hydrogen) atoms. The van der Waals surface area contributed by atoms with Crippen LogP contribution < -0.4 is 9.47 Å². The third kappa shape index (κ3) is 5.14. The maximum atomic E-state index is 12.9. The standard InChI is InChI=1S/C10H13FO6S2.Na.H/c11-10(19(12,13)14)1-2-15-3-7-4-16-8-5-18-6-9(8)17-7;;/h5-7,10H,1-4H2,(H,12,13,14);;. The first-order valence-corrected chi connectivity index (χ1v) is 7.95. The molecule has 110 valence electrons. The second kappa shape index (κ2) is 7.92. The van der Waals surface area contributed by atoms with Gasteiger partial charge in [0.2, 0.25) is 5.50 Å². The molecule has 0 radical (unpaired) electrons. The molecule has 2 heterocycles. The van der Waals surface area contributed by atoms with Gasteiger partial charge in [0, 0.05) is 17.2 Å². The zero-order chi connectivity index (χ0) is 13.9. The molecule has 1 aromatic rings. The molecular formula is C10H14FNaO6S2. The van der Waals surface area contributed by atoms with Crippen molar-refractivity contribution in [2.75, 3.05) is 19.8 Å². The SMILES string of the molecule is O=S(=O)(O)C(F)CCOCC1COc2cscc2O1.[NaH]. The van der Waals surface area contributed by atoms with E-state index >= 15 is 0 Å². The van der Waals surface area contributed by atoms with Crippen molar-refractivity contribution in [2.24, 2.45) is 0 Å². The van der Waals surface area contributed by atoms with Crippen LogP contribution in [0.2, 0.25) is 0 Å². The molecule has 10 heteroatoms. The molecule has 0 amide bonds.